The standard InChI is InChI=1S/C15H28N4O/c1-5-13(8-9-16)6-7-15(20)17-10-14-11(2)18-19(4)12(14)3/h13H,5-10,16H2,1-4H3,(H,17,20). The summed E-state index contributed by atoms with van der Waals surface area (Å²) in [6.07, 6.45) is 3.59. The third kappa shape index (κ3) is 4.63. The summed E-state index contributed by atoms with van der Waals surface area (Å²) in [5.41, 5.74) is 8.79. The van der Waals surface area contributed by atoms with Crippen molar-refractivity contribution >= 4 is 5.91 Å². The number of aromatic nitrogens is 2. The topological polar surface area (TPSA) is 72.9 Å². The molecule has 0 aromatic carbocycles. The highest BCUT2D eigenvalue weighted by Gasteiger charge is 2.12. The molecule has 5 heteroatoms. The summed E-state index contributed by atoms with van der Waals surface area (Å²) in [7, 11) is 1.92. The van der Waals surface area contributed by atoms with Crippen LogP contribution in [0.4, 0.5) is 0 Å². The molecule has 0 saturated carbocycles. The van der Waals surface area contributed by atoms with Crippen LogP contribution in [-0.4, -0.2) is 22.2 Å². The van der Waals surface area contributed by atoms with Gasteiger partial charge >= 0.3 is 0 Å². The average molecular weight is 280 g/mol. The van der Waals surface area contributed by atoms with Crippen LogP contribution in [0, 0.1) is 19.8 Å². The van der Waals surface area contributed by atoms with Crippen molar-refractivity contribution in [3.05, 3.63) is 17.0 Å². The van der Waals surface area contributed by atoms with Crippen LogP contribution in [0.5, 0.6) is 0 Å². The van der Waals surface area contributed by atoms with E-state index in [4.69, 9.17) is 5.73 Å². The molecule has 0 radical (unpaired) electrons. The maximum absolute atomic E-state index is 11.9. The smallest absolute Gasteiger partial charge is 0.220 e. The molecule has 5 nitrogen and oxygen atoms in total. The fourth-order valence-corrected chi connectivity index (χ4v) is 2.47. The van der Waals surface area contributed by atoms with Crippen molar-refractivity contribution in [3.8, 4) is 0 Å². The van der Waals surface area contributed by atoms with Gasteiger partial charge in [-0.25, -0.2) is 0 Å². The van der Waals surface area contributed by atoms with E-state index in [1.807, 2.05) is 25.6 Å². The molecule has 20 heavy (non-hydrogen) atoms. The molecule has 1 amide bonds. The highest BCUT2D eigenvalue weighted by Crippen LogP contribution is 2.15. The molecule has 1 aromatic heterocycles. The molecule has 1 atom stereocenters. The molecule has 1 unspecified atom stereocenters. The predicted octanol–water partition coefficient (Wildman–Crippen LogP) is 1.81. The number of nitrogens with zero attached hydrogens (tertiary/aromatic N) is 2. The largest absolute Gasteiger partial charge is 0.352 e. The number of carbonyl (C=O) groups excluding carboxylic acids is 1. The molecule has 0 aliphatic carbocycles. The normalized spacial score (nSPS) is 12.4. The molecule has 0 spiro atoms. The maximum Gasteiger partial charge on any atom is 0.220 e. The van der Waals surface area contributed by atoms with E-state index in [0.29, 0.717) is 25.4 Å². The van der Waals surface area contributed by atoms with Crippen molar-refractivity contribution in [2.45, 2.75) is 53.0 Å². The van der Waals surface area contributed by atoms with Gasteiger partial charge in [-0.1, -0.05) is 13.3 Å². The summed E-state index contributed by atoms with van der Waals surface area (Å²) in [5, 5.41) is 7.34. The van der Waals surface area contributed by atoms with Crippen molar-refractivity contribution in [3.63, 3.8) is 0 Å². The van der Waals surface area contributed by atoms with Crippen LogP contribution in [0.15, 0.2) is 0 Å². The number of carbonyl (C=O) groups is 1. The zero-order valence-corrected chi connectivity index (χ0v) is 13.2. The zero-order chi connectivity index (χ0) is 15.1. The number of nitrogens with one attached hydrogen (secondary N) is 1. The Bertz CT molecular complexity index is 439. The minimum Gasteiger partial charge on any atom is -0.352 e. The molecule has 3 N–H and O–H groups in total. The lowest BCUT2D eigenvalue weighted by Crippen LogP contribution is -2.24. The molecule has 0 aliphatic rings. The maximum atomic E-state index is 11.9. The summed E-state index contributed by atoms with van der Waals surface area (Å²) in [6, 6.07) is 0. The third-order valence-electron chi connectivity index (χ3n) is 4.05. The number of rotatable bonds is 8. The lowest BCUT2D eigenvalue weighted by atomic mass is 9.96. The van der Waals surface area contributed by atoms with Gasteiger partial charge in [0.25, 0.3) is 0 Å². The second-order valence-corrected chi connectivity index (χ2v) is 5.44. The van der Waals surface area contributed by atoms with Gasteiger partial charge in [0.1, 0.15) is 0 Å². The molecule has 1 rings (SSSR count). The van der Waals surface area contributed by atoms with Gasteiger partial charge in [0.2, 0.25) is 5.91 Å². The van der Waals surface area contributed by atoms with Crippen LogP contribution in [0.25, 0.3) is 0 Å². The van der Waals surface area contributed by atoms with Crippen LogP contribution >= 0.6 is 0 Å². The number of aryl methyl sites for hydroxylation is 2. The van der Waals surface area contributed by atoms with Crippen LogP contribution in [-0.2, 0) is 18.4 Å². The van der Waals surface area contributed by atoms with E-state index in [1.165, 1.54) is 0 Å². The van der Waals surface area contributed by atoms with E-state index in [2.05, 4.69) is 17.3 Å². The van der Waals surface area contributed by atoms with Gasteiger partial charge < -0.3 is 11.1 Å². The van der Waals surface area contributed by atoms with Crippen LogP contribution in [0.1, 0.15) is 49.6 Å². The quantitative estimate of drug-likeness (QED) is 0.762. The predicted molar refractivity (Wildman–Crippen MR) is 81.2 cm³/mol. The van der Waals surface area contributed by atoms with Gasteiger partial charge in [-0.2, -0.15) is 5.10 Å². The lowest BCUT2D eigenvalue weighted by molar-refractivity contribution is -0.121. The van der Waals surface area contributed by atoms with Gasteiger partial charge in [-0.05, 0) is 39.2 Å². The van der Waals surface area contributed by atoms with Crippen LogP contribution in [0.3, 0.4) is 0 Å². The van der Waals surface area contributed by atoms with E-state index in [9.17, 15) is 4.79 Å². The highest BCUT2D eigenvalue weighted by atomic mass is 16.1. The number of hydrogen-bond acceptors (Lipinski definition) is 3. The van der Waals surface area contributed by atoms with E-state index in [1.54, 1.807) is 0 Å². The van der Waals surface area contributed by atoms with Crippen molar-refractivity contribution < 1.29 is 4.79 Å². The Morgan fingerprint density at radius 1 is 1.40 bits per heavy atom. The van der Waals surface area contributed by atoms with Crippen LogP contribution in [0.2, 0.25) is 0 Å². The Balaban J connectivity index is 2.40. The number of hydrogen-bond donors (Lipinski definition) is 2. The number of nitrogens with two attached hydrogens (primary N) is 1. The summed E-state index contributed by atoms with van der Waals surface area (Å²) in [4.78, 5) is 11.9. The molecule has 1 heterocycles. The van der Waals surface area contributed by atoms with Gasteiger partial charge in [0.05, 0.1) is 5.69 Å². The highest BCUT2D eigenvalue weighted by molar-refractivity contribution is 5.75. The summed E-state index contributed by atoms with van der Waals surface area (Å²) in [6.45, 7) is 7.42. The minimum absolute atomic E-state index is 0.114. The summed E-state index contributed by atoms with van der Waals surface area (Å²) in [5.74, 6) is 0.677. The molecule has 1 aromatic rings. The Morgan fingerprint density at radius 3 is 2.60 bits per heavy atom. The van der Waals surface area contributed by atoms with Gasteiger partial charge in [0.15, 0.2) is 0 Å². The fourth-order valence-electron chi connectivity index (χ4n) is 2.47. The molecular weight excluding hydrogens is 252 g/mol. The van der Waals surface area contributed by atoms with Crippen molar-refractivity contribution in [1.82, 2.24) is 15.1 Å². The van der Waals surface area contributed by atoms with Gasteiger partial charge in [0, 0.05) is 31.3 Å². The molecule has 0 aliphatic heterocycles. The second-order valence-electron chi connectivity index (χ2n) is 5.44. The SMILES string of the molecule is CCC(CCN)CCC(=O)NCc1c(C)nn(C)c1C. The first-order chi connectivity index (χ1) is 9.49. The van der Waals surface area contributed by atoms with E-state index in [0.717, 1.165) is 36.2 Å². The molecule has 0 fully saturated rings. The van der Waals surface area contributed by atoms with Crippen molar-refractivity contribution in [2.24, 2.45) is 18.7 Å². The Hall–Kier alpha value is -1.36. The molecule has 0 bridgehead atoms. The first-order valence-electron chi connectivity index (χ1n) is 7.45. The van der Waals surface area contributed by atoms with Gasteiger partial charge in [-0.15, -0.1) is 0 Å². The molecular formula is C15H28N4O. The summed E-state index contributed by atoms with van der Waals surface area (Å²) >= 11 is 0. The van der Waals surface area contributed by atoms with E-state index in [-0.39, 0.29) is 5.91 Å². The Morgan fingerprint density at radius 2 is 2.10 bits per heavy atom. The third-order valence-corrected chi connectivity index (χ3v) is 4.05. The Labute approximate surface area is 121 Å². The second kappa shape index (κ2) is 8.04. The van der Waals surface area contributed by atoms with Gasteiger partial charge in [-0.3, -0.25) is 9.48 Å². The first kappa shape index (κ1) is 16.7. The van der Waals surface area contributed by atoms with Crippen LogP contribution < -0.4 is 11.1 Å². The summed E-state index contributed by atoms with van der Waals surface area (Å²) < 4.78 is 1.85. The number of amides is 1. The minimum atomic E-state index is 0.114. The molecule has 0 saturated heterocycles. The monoisotopic (exact) mass is 280 g/mol. The first-order valence-corrected chi connectivity index (χ1v) is 7.45. The van der Waals surface area contributed by atoms with E-state index < -0.39 is 0 Å². The average Bonchev–Trinajstić information content (AvgIpc) is 2.66. The lowest BCUT2D eigenvalue weighted by Gasteiger charge is -2.13. The molecule has 114 valence electrons. The van der Waals surface area contributed by atoms with E-state index >= 15 is 0 Å². The zero-order valence-electron chi connectivity index (χ0n) is 13.2. The van der Waals surface area contributed by atoms with Crippen molar-refractivity contribution in [1.29, 1.82) is 0 Å². The van der Waals surface area contributed by atoms with Crippen molar-refractivity contribution in [2.75, 3.05) is 6.54 Å². The fraction of sp³-hybridized carbons (Fsp3) is 0.733. The Kier molecular flexibility index (Phi) is 6.71.